The Morgan fingerprint density at radius 1 is 1.17 bits per heavy atom. The predicted octanol–water partition coefficient (Wildman–Crippen LogP) is 1.49. The third-order valence-corrected chi connectivity index (χ3v) is 3.29. The standard InChI is InChI=1S/C14H21N3O/c15-8-7-12-3-5-13(6-4-12)11-16-14(18)17-9-1-2-10-17/h3-6H,1-2,7-11,15H2,(H,16,18). The number of benzene rings is 1. The van der Waals surface area contributed by atoms with Gasteiger partial charge in [0.05, 0.1) is 0 Å². The SMILES string of the molecule is NCCc1ccc(CNC(=O)N2CCCC2)cc1. The van der Waals surface area contributed by atoms with Crippen molar-refractivity contribution in [2.75, 3.05) is 19.6 Å². The number of likely N-dealkylation sites (tertiary alicyclic amines) is 1. The fourth-order valence-electron chi connectivity index (χ4n) is 2.20. The van der Waals surface area contributed by atoms with Crippen LogP contribution in [-0.4, -0.2) is 30.6 Å². The van der Waals surface area contributed by atoms with Gasteiger partial charge in [-0.2, -0.15) is 0 Å². The van der Waals surface area contributed by atoms with Crippen molar-refractivity contribution >= 4 is 6.03 Å². The molecule has 0 spiro atoms. The number of carbonyl (C=O) groups is 1. The fraction of sp³-hybridized carbons (Fsp3) is 0.500. The van der Waals surface area contributed by atoms with E-state index >= 15 is 0 Å². The van der Waals surface area contributed by atoms with E-state index in [9.17, 15) is 4.79 Å². The van der Waals surface area contributed by atoms with Crippen LogP contribution in [0.15, 0.2) is 24.3 Å². The highest BCUT2D eigenvalue weighted by Gasteiger charge is 2.16. The van der Waals surface area contributed by atoms with Crippen LogP contribution in [0, 0.1) is 0 Å². The number of nitrogens with one attached hydrogen (secondary N) is 1. The molecule has 0 atom stereocenters. The maximum absolute atomic E-state index is 11.8. The Kier molecular flexibility index (Phi) is 4.59. The molecule has 0 bridgehead atoms. The van der Waals surface area contributed by atoms with Crippen molar-refractivity contribution in [1.82, 2.24) is 10.2 Å². The first kappa shape index (κ1) is 12.9. The second kappa shape index (κ2) is 6.40. The normalized spacial score (nSPS) is 14.8. The van der Waals surface area contributed by atoms with Gasteiger partial charge in [0.2, 0.25) is 0 Å². The monoisotopic (exact) mass is 247 g/mol. The van der Waals surface area contributed by atoms with Crippen molar-refractivity contribution in [3.05, 3.63) is 35.4 Å². The Morgan fingerprint density at radius 3 is 2.39 bits per heavy atom. The molecule has 98 valence electrons. The van der Waals surface area contributed by atoms with Gasteiger partial charge in [-0.3, -0.25) is 0 Å². The first-order chi connectivity index (χ1) is 8.79. The van der Waals surface area contributed by atoms with E-state index in [2.05, 4.69) is 29.6 Å². The van der Waals surface area contributed by atoms with Gasteiger partial charge < -0.3 is 16.0 Å². The number of carbonyl (C=O) groups excluding carboxylic acids is 1. The summed E-state index contributed by atoms with van der Waals surface area (Å²) >= 11 is 0. The van der Waals surface area contributed by atoms with E-state index in [0.717, 1.165) is 37.9 Å². The molecule has 0 saturated carbocycles. The molecule has 1 aliphatic heterocycles. The lowest BCUT2D eigenvalue weighted by Gasteiger charge is -2.16. The Bertz CT molecular complexity index is 383. The van der Waals surface area contributed by atoms with E-state index in [0.29, 0.717) is 13.1 Å². The van der Waals surface area contributed by atoms with Crippen molar-refractivity contribution in [2.45, 2.75) is 25.8 Å². The van der Waals surface area contributed by atoms with Gasteiger partial charge in [0, 0.05) is 19.6 Å². The van der Waals surface area contributed by atoms with Crippen molar-refractivity contribution < 1.29 is 4.79 Å². The molecule has 1 heterocycles. The highest BCUT2D eigenvalue weighted by atomic mass is 16.2. The molecular formula is C14H21N3O. The van der Waals surface area contributed by atoms with Gasteiger partial charge in [-0.15, -0.1) is 0 Å². The third kappa shape index (κ3) is 3.47. The summed E-state index contributed by atoms with van der Waals surface area (Å²) < 4.78 is 0. The molecule has 1 fully saturated rings. The predicted molar refractivity (Wildman–Crippen MR) is 72.2 cm³/mol. The number of nitrogens with zero attached hydrogens (tertiary/aromatic N) is 1. The zero-order chi connectivity index (χ0) is 12.8. The smallest absolute Gasteiger partial charge is 0.317 e. The van der Waals surface area contributed by atoms with Crippen LogP contribution in [0.1, 0.15) is 24.0 Å². The number of amides is 2. The van der Waals surface area contributed by atoms with E-state index in [1.165, 1.54) is 5.56 Å². The first-order valence-electron chi connectivity index (χ1n) is 6.60. The molecule has 1 aromatic rings. The van der Waals surface area contributed by atoms with E-state index in [4.69, 9.17) is 5.73 Å². The molecule has 1 aliphatic rings. The summed E-state index contributed by atoms with van der Waals surface area (Å²) in [4.78, 5) is 13.7. The number of urea groups is 1. The maximum Gasteiger partial charge on any atom is 0.317 e. The minimum absolute atomic E-state index is 0.0542. The van der Waals surface area contributed by atoms with Gasteiger partial charge in [0.1, 0.15) is 0 Å². The summed E-state index contributed by atoms with van der Waals surface area (Å²) in [5, 5.41) is 2.95. The third-order valence-electron chi connectivity index (χ3n) is 3.29. The maximum atomic E-state index is 11.8. The Labute approximate surface area is 108 Å². The van der Waals surface area contributed by atoms with E-state index in [1.807, 2.05) is 4.90 Å². The van der Waals surface area contributed by atoms with Crippen LogP contribution in [0.4, 0.5) is 4.79 Å². The van der Waals surface area contributed by atoms with Crippen molar-refractivity contribution in [1.29, 1.82) is 0 Å². The topological polar surface area (TPSA) is 58.4 Å². The van der Waals surface area contributed by atoms with E-state index < -0.39 is 0 Å². The van der Waals surface area contributed by atoms with Gasteiger partial charge >= 0.3 is 6.03 Å². The first-order valence-corrected chi connectivity index (χ1v) is 6.60. The van der Waals surface area contributed by atoms with Crippen LogP contribution in [0.2, 0.25) is 0 Å². The Hall–Kier alpha value is -1.55. The molecule has 3 N–H and O–H groups in total. The second-order valence-electron chi connectivity index (χ2n) is 4.71. The quantitative estimate of drug-likeness (QED) is 0.847. The largest absolute Gasteiger partial charge is 0.334 e. The minimum atomic E-state index is 0.0542. The summed E-state index contributed by atoms with van der Waals surface area (Å²) in [6, 6.07) is 8.30. The van der Waals surface area contributed by atoms with Crippen LogP contribution in [0.5, 0.6) is 0 Å². The lowest BCUT2D eigenvalue weighted by molar-refractivity contribution is 0.208. The van der Waals surface area contributed by atoms with Crippen molar-refractivity contribution in [3.63, 3.8) is 0 Å². The fourth-order valence-corrected chi connectivity index (χ4v) is 2.20. The average molecular weight is 247 g/mol. The summed E-state index contributed by atoms with van der Waals surface area (Å²) in [5.74, 6) is 0. The highest BCUT2D eigenvalue weighted by Crippen LogP contribution is 2.08. The molecule has 1 aromatic carbocycles. The summed E-state index contributed by atoms with van der Waals surface area (Å²) in [7, 11) is 0. The average Bonchev–Trinajstić information content (AvgIpc) is 2.92. The summed E-state index contributed by atoms with van der Waals surface area (Å²) in [6.07, 6.45) is 3.16. The number of nitrogens with two attached hydrogens (primary N) is 1. The van der Waals surface area contributed by atoms with Crippen LogP contribution in [0.25, 0.3) is 0 Å². The van der Waals surface area contributed by atoms with Crippen LogP contribution in [0.3, 0.4) is 0 Å². The van der Waals surface area contributed by atoms with Crippen LogP contribution < -0.4 is 11.1 Å². The lowest BCUT2D eigenvalue weighted by Crippen LogP contribution is -2.37. The molecule has 0 radical (unpaired) electrons. The van der Waals surface area contributed by atoms with Crippen molar-refractivity contribution in [3.8, 4) is 0 Å². The Balaban J connectivity index is 1.80. The highest BCUT2D eigenvalue weighted by molar-refractivity contribution is 5.74. The molecule has 0 aromatic heterocycles. The van der Waals surface area contributed by atoms with Gasteiger partial charge in [0.25, 0.3) is 0 Å². The van der Waals surface area contributed by atoms with Gasteiger partial charge in [-0.25, -0.2) is 4.79 Å². The zero-order valence-corrected chi connectivity index (χ0v) is 10.7. The zero-order valence-electron chi connectivity index (χ0n) is 10.7. The van der Waals surface area contributed by atoms with Gasteiger partial charge in [-0.05, 0) is 36.9 Å². The van der Waals surface area contributed by atoms with E-state index in [1.54, 1.807) is 0 Å². The molecule has 0 unspecified atom stereocenters. The second-order valence-corrected chi connectivity index (χ2v) is 4.71. The van der Waals surface area contributed by atoms with Crippen LogP contribution in [-0.2, 0) is 13.0 Å². The molecular weight excluding hydrogens is 226 g/mol. The molecule has 18 heavy (non-hydrogen) atoms. The molecule has 1 saturated heterocycles. The van der Waals surface area contributed by atoms with E-state index in [-0.39, 0.29) is 6.03 Å². The van der Waals surface area contributed by atoms with Gasteiger partial charge in [-0.1, -0.05) is 24.3 Å². The summed E-state index contributed by atoms with van der Waals surface area (Å²) in [6.45, 7) is 3.05. The van der Waals surface area contributed by atoms with Gasteiger partial charge in [0.15, 0.2) is 0 Å². The number of hydrogen-bond donors (Lipinski definition) is 2. The molecule has 4 heteroatoms. The molecule has 0 aliphatic carbocycles. The lowest BCUT2D eigenvalue weighted by atomic mass is 10.1. The van der Waals surface area contributed by atoms with Crippen LogP contribution >= 0.6 is 0 Å². The van der Waals surface area contributed by atoms with Crippen molar-refractivity contribution in [2.24, 2.45) is 5.73 Å². The minimum Gasteiger partial charge on any atom is -0.334 e. The molecule has 2 amide bonds. The number of hydrogen-bond acceptors (Lipinski definition) is 2. The molecule has 2 rings (SSSR count). The number of rotatable bonds is 4. The summed E-state index contributed by atoms with van der Waals surface area (Å²) in [5.41, 5.74) is 7.88. The Morgan fingerprint density at radius 2 is 1.78 bits per heavy atom. The molecule has 4 nitrogen and oxygen atoms in total.